The Morgan fingerprint density at radius 2 is 1.75 bits per heavy atom. The van der Waals surface area contributed by atoms with Gasteiger partial charge in [0.25, 0.3) is 5.91 Å². The minimum atomic E-state index is -0.483. The lowest BCUT2D eigenvalue weighted by molar-refractivity contribution is -0.113. The number of carbonyl (C=O) groups is 2. The first-order valence-corrected chi connectivity index (χ1v) is 9.19. The fourth-order valence-corrected chi connectivity index (χ4v) is 3.44. The molecule has 1 saturated heterocycles. The van der Waals surface area contributed by atoms with Crippen molar-refractivity contribution in [3.63, 3.8) is 0 Å². The van der Waals surface area contributed by atoms with Gasteiger partial charge in [0.2, 0.25) is 0 Å². The van der Waals surface area contributed by atoms with E-state index in [9.17, 15) is 9.59 Å². The molecule has 1 aromatic heterocycles. The number of imide groups is 1. The number of nitrogens with zero attached hydrogens (tertiary/aromatic N) is 2. The second kappa shape index (κ2) is 7.02. The maximum absolute atomic E-state index is 12.8. The summed E-state index contributed by atoms with van der Waals surface area (Å²) < 4.78 is 1.99. The molecule has 4 rings (SSSR count). The molecule has 5 nitrogen and oxygen atoms in total. The Bertz CT molecular complexity index is 1110. The zero-order valence-electron chi connectivity index (χ0n) is 15.4. The first kappa shape index (κ1) is 18.1. The van der Waals surface area contributed by atoms with Crippen molar-refractivity contribution in [2.75, 3.05) is 4.90 Å². The molecule has 2 heterocycles. The van der Waals surface area contributed by atoms with E-state index in [0.717, 1.165) is 21.8 Å². The molecule has 0 bridgehead atoms. The van der Waals surface area contributed by atoms with E-state index >= 15 is 0 Å². The SMILES string of the molecule is Cc1ccc(-n2cccc2C=C2NC(=O)N(c3ccc(Cl)cc3)C2=O)c(C)c1. The highest BCUT2D eigenvalue weighted by molar-refractivity contribution is 6.31. The van der Waals surface area contributed by atoms with Gasteiger partial charge in [-0.25, -0.2) is 9.69 Å². The zero-order valence-corrected chi connectivity index (χ0v) is 16.2. The molecule has 140 valence electrons. The van der Waals surface area contributed by atoms with Crippen molar-refractivity contribution in [3.05, 3.63) is 88.3 Å². The third-order valence-electron chi connectivity index (χ3n) is 4.65. The molecule has 0 atom stereocenters. The van der Waals surface area contributed by atoms with Crippen LogP contribution >= 0.6 is 11.6 Å². The van der Waals surface area contributed by atoms with Gasteiger partial charge in [0.05, 0.1) is 5.69 Å². The van der Waals surface area contributed by atoms with E-state index in [-0.39, 0.29) is 5.70 Å². The van der Waals surface area contributed by atoms with Crippen LogP contribution < -0.4 is 10.2 Å². The summed E-state index contributed by atoms with van der Waals surface area (Å²) in [5, 5.41) is 3.20. The summed E-state index contributed by atoms with van der Waals surface area (Å²) in [6.07, 6.45) is 3.62. The number of benzene rings is 2. The van der Waals surface area contributed by atoms with Crippen LogP contribution in [0.5, 0.6) is 0 Å². The molecule has 1 fully saturated rings. The van der Waals surface area contributed by atoms with E-state index in [0.29, 0.717) is 10.7 Å². The van der Waals surface area contributed by atoms with Crippen molar-refractivity contribution in [1.29, 1.82) is 0 Å². The molecule has 1 aliphatic heterocycles. The number of anilines is 1. The summed E-state index contributed by atoms with van der Waals surface area (Å²) in [5.41, 5.74) is 4.83. The topological polar surface area (TPSA) is 54.3 Å². The largest absolute Gasteiger partial charge is 0.333 e. The Labute approximate surface area is 167 Å². The number of hydrogen-bond acceptors (Lipinski definition) is 2. The molecule has 3 amide bonds. The van der Waals surface area contributed by atoms with Crippen molar-refractivity contribution < 1.29 is 9.59 Å². The molecule has 0 aliphatic carbocycles. The van der Waals surface area contributed by atoms with Crippen LogP contribution in [0.4, 0.5) is 10.5 Å². The van der Waals surface area contributed by atoms with Crippen molar-refractivity contribution >= 4 is 35.3 Å². The highest BCUT2D eigenvalue weighted by Gasteiger charge is 2.35. The Hall–Kier alpha value is -3.31. The minimum absolute atomic E-state index is 0.227. The molecule has 1 N–H and O–H groups in total. The van der Waals surface area contributed by atoms with Crippen LogP contribution in [0.2, 0.25) is 5.02 Å². The van der Waals surface area contributed by atoms with Crippen molar-refractivity contribution in [3.8, 4) is 5.69 Å². The van der Waals surface area contributed by atoms with Gasteiger partial charge in [-0.15, -0.1) is 0 Å². The van der Waals surface area contributed by atoms with Crippen LogP contribution in [-0.4, -0.2) is 16.5 Å². The molecular weight excluding hydrogens is 374 g/mol. The number of aromatic nitrogens is 1. The van der Waals surface area contributed by atoms with Crippen LogP contribution in [0.1, 0.15) is 16.8 Å². The molecule has 0 saturated carbocycles. The quantitative estimate of drug-likeness (QED) is 0.512. The number of hydrogen-bond donors (Lipinski definition) is 1. The number of halogens is 1. The normalized spacial score (nSPS) is 15.4. The maximum atomic E-state index is 12.8. The molecule has 1 aliphatic rings. The van der Waals surface area contributed by atoms with Gasteiger partial charge in [-0.3, -0.25) is 4.79 Å². The van der Waals surface area contributed by atoms with E-state index in [2.05, 4.69) is 11.4 Å². The molecule has 28 heavy (non-hydrogen) atoms. The third-order valence-corrected chi connectivity index (χ3v) is 4.90. The summed E-state index contributed by atoms with van der Waals surface area (Å²) >= 11 is 5.89. The lowest BCUT2D eigenvalue weighted by atomic mass is 10.1. The fourth-order valence-electron chi connectivity index (χ4n) is 3.31. The van der Waals surface area contributed by atoms with E-state index < -0.39 is 11.9 Å². The number of urea groups is 1. The highest BCUT2D eigenvalue weighted by atomic mass is 35.5. The van der Waals surface area contributed by atoms with Crippen LogP contribution in [0.25, 0.3) is 11.8 Å². The van der Waals surface area contributed by atoms with Gasteiger partial charge in [-0.2, -0.15) is 0 Å². The third kappa shape index (κ3) is 3.21. The second-order valence-electron chi connectivity index (χ2n) is 6.70. The fraction of sp³-hybridized carbons (Fsp3) is 0.0909. The maximum Gasteiger partial charge on any atom is 0.333 e. The first-order chi connectivity index (χ1) is 13.4. The number of nitrogens with one attached hydrogen (secondary N) is 1. The Morgan fingerprint density at radius 1 is 1.00 bits per heavy atom. The summed E-state index contributed by atoms with van der Waals surface area (Å²) in [7, 11) is 0. The first-order valence-electron chi connectivity index (χ1n) is 8.82. The smallest absolute Gasteiger partial charge is 0.317 e. The van der Waals surface area contributed by atoms with E-state index in [1.165, 1.54) is 5.56 Å². The van der Waals surface area contributed by atoms with E-state index in [4.69, 9.17) is 11.6 Å². The highest BCUT2D eigenvalue weighted by Crippen LogP contribution is 2.25. The molecule has 0 unspecified atom stereocenters. The van der Waals surface area contributed by atoms with Gasteiger partial charge in [0.1, 0.15) is 5.70 Å². The van der Waals surface area contributed by atoms with Crippen molar-refractivity contribution in [2.24, 2.45) is 0 Å². The lowest BCUT2D eigenvalue weighted by Crippen LogP contribution is -2.30. The average Bonchev–Trinajstić information content (AvgIpc) is 3.21. The molecular formula is C22H18ClN3O2. The van der Waals surface area contributed by atoms with Gasteiger partial charge in [0, 0.05) is 22.6 Å². The summed E-state index contributed by atoms with van der Waals surface area (Å²) in [5.74, 6) is -0.402. The molecule has 2 aromatic carbocycles. The predicted molar refractivity (Wildman–Crippen MR) is 111 cm³/mol. The van der Waals surface area contributed by atoms with Gasteiger partial charge in [-0.05, 0) is 68.0 Å². The van der Waals surface area contributed by atoms with Crippen molar-refractivity contribution in [1.82, 2.24) is 9.88 Å². The summed E-state index contributed by atoms with van der Waals surface area (Å²) in [6.45, 7) is 4.09. The summed E-state index contributed by atoms with van der Waals surface area (Å²) in [4.78, 5) is 26.3. The van der Waals surface area contributed by atoms with Gasteiger partial charge < -0.3 is 9.88 Å². The molecule has 3 aromatic rings. The Morgan fingerprint density at radius 3 is 2.46 bits per heavy atom. The van der Waals surface area contributed by atoms with Crippen LogP contribution in [0.3, 0.4) is 0 Å². The molecule has 6 heteroatoms. The number of aryl methyl sites for hydroxylation is 2. The summed E-state index contributed by atoms with van der Waals surface area (Å²) in [6, 6.07) is 16.1. The van der Waals surface area contributed by atoms with E-state index in [1.807, 2.05) is 48.9 Å². The standard InChI is InChI=1S/C22H18ClN3O2/c1-14-5-10-20(15(2)12-14)25-11-3-4-18(25)13-19-21(27)26(22(28)24-19)17-8-6-16(23)7-9-17/h3-13H,1-2H3,(H,24,28). The minimum Gasteiger partial charge on any atom is -0.317 e. The van der Waals surface area contributed by atoms with Crippen molar-refractivity contribution in [2.45, 2.75) is 13.8 Å². The van der Waals surface area contributed by atoms with Gasteiger partial charge in [0.15, 0.2) is 0 Å². The molecule has 0 spiro atoms. The van der Waals surface area contributed by atoms with E-state index in [1.54, 1.807) is 30.3 Å². The Kier molecular flexibility index (Phi) is 4.53. The number of amides is 3. The monoisotopic (exact) mass is 391 g/mol. The second-order valence-corrected chi connectivity index (χ2v) is 7.13. The van der Waals surface area contributed by atoms with Crippen LogP contribution in [-0.2, 0) is 4.79 Å². The van der Waals surface area contributed by atoms with Crippen LogP contribution in [0.15, 0.2) is 66.5 Å². The lowest BCUT2D eigenvalue weighted by Gasteiger charge is -2.12. The number of carbonyl (C=O) groups excluding carboxylic acids is 2. The average molecular weight is 392 g/mol. The van der Waals surface area contributed by atoms with Gasteiger partial charge in [-0.1, -0.05) is 29.3 Å². The number of rotatable bonds is 3. The Balaban J connectivity index is 1.69. The van der Waals surface area contributed by atoms with Crippen LogP contribution in [0, 0.1) is 13.8 Å². The van der Waals surface area contributed by atoms with Gasteiger partial charge >= 0.3 is 6.03 Å². The zero-order chi connectivity index (χ0) is 19.8. The molecule has 0 radical (unpaired) electrons. The predicted octanol–water partition coefficient (Wildman–Crippen LogP) is 4.84.